The lowest BCUT2D eigenvalue weighted by molar-refractivity contribution is -0.199. The molecule has 12 nitrogen and oxygen atoms in total. The van der Waals surface area contributed by atoms with Crippen LogP contribution >= 0.6 is 0 Å². The first-order valence-electron chi connectivity index (χ1n) is 23.2. The maximum absolute atomic E-state index is 13.8. The highest BCUT2D eigenvalue weighted by Gasteiger charge is 2.68. The van der Waals surface area contributed by atoms with Crippen LogP contribution in [-0.4, -0.2) is 84.4 Å². The van der Waals surface area contributed by atoms with Gasteiger partial charge in [0.25, 0.3) is 0 Å². The molecule has 2 bridgehead atoms. The minimum Gasteiger partial charge on any atom is -0.405 e. The van der Waals surface area contributed by atoms with Crippen LogP contribution in [0.25, 0.3) is 11.1 Å². The van der Waals surface area contributed by atoms with Crippen molar-refractivity contribution in [2.75, 3.05) is 13.1 Å². The molecular formula is C49H73BN4O8. The standard InChI is InChI=1S/C49H73BN4O8/c1-8-9-12-33-14-16-34(17-15-33)35-18-20-36(21-19-35)40(56)27-37(22-24-52)47(60)54-45(32(4)55)42(58)25-30(2)46(59)53-39(13-10-11-23-51)41(57)26-31(3)50-61-44-29-38-28-43(48(38,5)6)49(44,7)62-50/h14-21,30-32,37-39,43-45,55H,8-13,22-29,51-52H2,1-7H3,(H,53,59)(H,54,60)/t30-,31-,32+,37-,38+,39+,43+,44-,45+,49+/m1/s1. The van der Waals surface area contributed by atoms with Crippen molar-refractivity contribution >= 4 is 36.3 Å². The number of aliphatic hydroxyl groups excluding tert-OH is 1. The average Bonchev–Trinajstić information content (AvgIpc) is 3.61. The zero-order valence-corrected chi connectivity index (χ0v) is 38.3. The summed E-state index contributed by atoms with van der Waals surface area (Å²) in [6.07, 6.45) is 5.73. The number of ketones is 3. The smallest absolute Gasteiger partial charge is 0.405 e. The zero-order chi connectivity index (χ0) is 45.4. The van der Waals surface area contributed by atoms with Gasteiger partial charge in [0.1, 0.15) is 6.04 Å². The summed E-state index contributed by atoms with van der Waals surface area (Å²) in [5, 5.41) is 16.2. The van der Waals surface area contributed by atoms with E-state index < -0.39 is 60.3 Å². The molecule has 62 heavy (non-hydrogen) atoms. The number of carbonyl (C=O) groups is 5. The van der Waals surface area contributed by atoms with Crippen molar-refractivity contribution in [2.24, 2.45) is 40.6 Å². The summed E-state index contributed by atoms with van der Waals surface area (Å²) in [6.45, 7) is 14.4. The second-order valence-electron chi connectivity index (χ2n) is 19.4. The normalized spacial score (nSPS) is 24.1. The van der Waals surface area contributed by atoms with Gasteiger partial charge in [-0.15, -0.1) is 0 Å². The van der Waals surface area contributed by atoms with Crippen molar-refractivity contribution in [1.29, 1.82) is 0 Å². The van der Waals surface area contributed by atoms with E-state index in [0.29, 0.717) is 43.2 Å². The highest BCUT2D eigenvalue weighted by Crippen LogP contribution is 2.66. The minimum absolute atomic E-state index is 0.00270. The van der Waals surface area contributed by atoms with Gasteiger partial charge in [0.05, 0.1) is 23.9 Å². The molecule has 4 fully saturated rings. The molecule has 3 aliphatic carbocycles. The average molecular weight is 857 g/mol. The van der Waals surface area contributed by atoms with Crippen LogP contribution in [0, 0.1) is 29.1 Å². The SMILES string of the molecule is CCCCc1ccc(-c2ccc(C(=O)C[C@@H](CCN)C(=O)N[C@H](C(=O)C[C@@H](C)C(=O)N[C@@H](CCCCN)C(=O)C[C@@H](C)B3O[C@@H]4C[C@@H]5C[C@@H](C5(C)C)[C@]4(C)O3)[C@H](C)O)cc2)cc1. The number of hydrogen-bond acceptors (Lipinski definition) is 10. The summed E-state index contributed by atoms with van der Waals surface area (Å²) < 4.78 is 13.1. The summed E-state index contributed by atoms with van der Waals surface area (Å²) in [5.74, 6) is -2.94. The van der Waals surface area contributed by atoms with Crippen LogP contribution in [0.3, 0.4) is 0 Å². The Hall–Kier alpha value is -3.75. The third kappa shape index (κ3) is 11.7. The fourth-order valence-corrected chi connectivity index (χ4v) is 10.0. The second-order valence-corrected chi connectivity index (χ2v) is 19.4. The monoisotopic (exact) mass is 857 g/mol. The van der Waals surface area contributed by atoms with E-state index in [-0.39, 0.29) is 61.1 Å². The summed E-state index contributed by atoms with van der Waals surface area (Å²) in [6, 6.07) is 13.6. The van der Waals surface area contributed by atoms with Crippen molar-refractivity contribution in [3.05, 3.63) is 59.7 Å². The van der Waals surface area contributed by atoms with Gasteiger partial charge in [-0.05, 0) is 118 Å². The number of nitrogens with one attached hydrogen (secondary N) is 2. The van der Waals surface area contributed by atoms with E-state index in [1.165, 1.54) is 12.5 Å². The molecule has 3 saturated carbocycles. The Morgan fingerprint density at radius 3 is 2.06 bits per heavy atom. The molecule has 0 unspecified atom stereocenters. The van der Waals surface area contributed by atoms with Gasteiger partial charge in [-0.1, -0.05) is 89.6 Å². The van der Waals surface area contributed by atoms with Crippen molar-refractivity contribution < 1.29 is 38.4 Å². The molecule has 2 aromatic rings. The van der Waals surface area contributed by atoms with Gasteiger partial charge >= 0.3 is 7.12 Å². The fourth-order valence-electron chi connectivity index (χ4n) is 10.0. The molecular weight excluding hydrogens is 783 g/mol. The van der Waals surface area contributed by atoms with Gasteiger partial charge < -0.3 is 36.5 Å². The van der Waals surface area contributed by atoms with Crippen LogP contribution in [0.5, 0.6) is 0 Å². The number of nitrogens with two attached hydrogens (primary N) is 2. The van der Waals surface area contributed by atoms with E-state index >= 15 is 0 Å². The molecule has 13 heteroatoms. The molecule has 1 saturated heterocycles. The van der Waals surface area contributed by atoms with Crippen LogP contribution in [0.4, 0.5) is 0 Å². The summed E-state index contributed by atoms with van der Waals surface area (Å²) in [5.41, 5.74) is 15.2. The van der Waals surface area contributed by atoms with E-state index in [0.717, 1.165) is 43.2 Å². The molecule has 340 valence electrons. The number of rotatable bonds is 25. The fraction of sp³-hybridized carbons (Fsp3) is 0.653. The van der Waals surface area contributed by atoms with Crippen LogP contribution in [0.2, 0.25) is 5.82 Å². The van der Waals surface area contributed by atoms with E-state index in [1.807, 2.05) is 19.1 Å². The third-order valence-corrected chi connectivity index (χ3v) is 14.3. The Kier molecular flexibility index (Phi) is 17.3. The predicted molar refractivity (Wildman–Crippen MR) is 243 cm³/mol. The quantitative estimate of drug-likeness (QED) is 0.0424. The lowest BCUT2D eigenvalue weighted by Crippen LogP contribution is -2.65. The molecule has 7 N–H and O–H groups in total. The molecule has 0 radical (unpaired) electrons. The number of aliphatic hydroxyl groups is 1. The second kappa shape index (κ2) is 21.8. The largest absolute Gasteiger partial charge is 0.461 e. The van der Waals surface area contributed by atoms with Gasteiger partial charge in [0.15, 0.2) is 17.3 Å². The molecule has 10 atom stereocenters. The Labute approximate surface area is 369 Å². The van der Waals surface area contributed by atoms with E-state index in [2.05, 4.69) is 62.6 Å². The minimum atomic E-state index is -1.32. The number of unbranched alkanes of at least 4 members (excludes halogenated alkanes) is 2. The van der Waals surface area contributed by atoms with Gasteiger partial charge in [0.2, 0.25) is 11.8 Å². The van der Waals surface area contributed by atoms with E-state index in [9.17, 15) is 29.1 Å². The molecule has 1 heterocycles. The highest BCUT2D eigenvalue weighted by molar-refractivity contribution is 6.47. The Bertz CT molecular complexity index is 1850. The Morgan fingerprint density at radius 1 is 0.806 bits per heavy atom. The maximum Gasteiger partial charge on any atom is 0.461 e. The lowest BCUT2D eigenvalue weighted by Gasteiger charge is -2.64. The number of hydrogen-bond donors (Lipinski definition) is 5. The zero-order valence-electron chi connectivity index (χ0n) is 38.3. The molecule has 2 aromatic carbocycles. The number of aryl methyl sites for hydroxylation is 1. The summed E-state index contributed by atoms with van der Waals surface area (Å²) >= 11 is 0. The van der Waals surface area contributed by atoms with E-state index in [1.54, 1.807) is 19.1 Å². The van der Waals surface area contributed by atoms with Crippen molar-refractivity contribution in [3.63, 3.8) is 0 Å². The predicted octanol–water partition coefficient (Wildman–Crippen LogP) is 6.39. The molecule has 1 aliphatic heterocycles. The van der Waals surface area contributed by atoms with E-state index in [4.69, 9.17) is 20.8 Å². The first kappa shape index (κ1) is 49.3. The summed E-state index contributed by atoms with van der Waals surface area (Å²) in [7, 11) is -0.522. The van der Waals surface area contributed by atoms with Crippen molar-refractivity contribution in [1.82, 2.24) is 10.6 Å². The topological polar surface area (TPSA) is 200 Å². The first-order valence-corrected chi connectivity index (χ1v) is 23.2. The van der Waals surface area contributed by atoms with Gasteiger partial charge in [-0.2, -0.15) is 0 Å². The van der Waals surface area contributed by atoms with Crippen LogP contribution in [-0.2, 0) is 34.9 Å². The highest BCUT2D eigenvalue weighted by atomic mass is 16.7. The van der Waals surface area contributed by atoms with Gasteiger partial charge in [0, 0.05) is 36.7 Å². The van der Waals surface area contributed by atoms with Gasteiger partial charge in [-0.3, -0.25) is 24.0 Å². The maximum atomic E-state index is 13.8. The lowest BCUT2D eigenvalue weighted by atomic mass is 9.43. The molecule has 0 aromatic heterocycles. The third-order valence-electron chi connectivity index (χ3n) is 14.3. The molecule has 4 aliphatic rings. The van der Waals surface area contributed by atoms with Gasteiger partial charge in [-0.25, -0.2) is 0 Å². The molecule has 6 rings (SSSR count). The number of amides is 2. The van der Waals surface area contributed by atoms with Crippen LogP contribution in [0.15, 0.2) is 48.5 Å². The first-order chi connectivity index (χ1) is 29.4. The van der Waals surface area contributed by atoms with Crippen molar-refractivity contribution in [3.8, 4) is 11.1 Å². The van der Waals surface area contributed by atoms with Crippen molar-refractivity contribution in [2.45, 2.75) is 161 Å². The molecule has 2 amide bonds. The molecule has 0 spiro atoms. The van der Waals surface area contributed by atoms with Crippen LogP contribution in [0.1, 0.15) is 135 Å². The number of Topliss-reactive ketones (excluding diaryl/α,β-unsaturated/α-hetero) is 3. The number of carbonyl (C=O) groups excluding carboxylic acids is 5. The Morgan fingerprint density at radius 2 is 1.47 bits per heavy atom. The Balaban J connectivity index is 1.15. The summed E-state index contributed by atoms with van der Waals surface area (Å²) in [4.78, 5) is 68.1. The van der Waals surface area contributed by atoms with Crippen LogP contribution < -0.4 is 22.1 Å². The number of benzene rings is 2.